The Labute approximate surface area is 122 Å². The summed E-state index contributed by atoms with van der Waals surface area (Å²) in [5.74, 6) is 5.56. The van der Waals surface area contributed by atoms with Crippen molar-refractivity contribution in [3.8, 4) is 11.4 Å². The van der Waals surface area contributed by atoms with Crippen molar-refractivity contribution in [2.75, 3.05) is 5.43 Å². The molecule has 0 aliphatic heterocycles. The first-order valence-corrected chi connectivity index (χ1v) is 6.51. The lowest BCUT2D eigenvalue weighted by Gasteiger charge is -2.19. The third-order valence-electron chi connectivity index (χ3n) is 2.83. The van der Waals surface area contributed by atoms with E-state index in [1.165, 1.54) is 6.07 Å². The summed E-state index contributed by atoms with van der Waals surface area (Å²) in [7, 11) is 0. The Morgan fingerprint density at radius 3 is 2.55 bits per heavy atom. The Hall–Kier alpha value is -1.72. The van der Waals surface area contributed by atoms with Crippen LogP contribution in [0.1, 0.15) is 26.5 Å². The summed E-state index contributed by atoms with van der Waals surface area (Å²) in [6, 6.07) is 6.47. The molecule has 20 heavy (non-hydrogen) atoms. The standard InChI is InChI=1S/C14H16ClFN4/c1-14(2,3)10-7-11(20-17)19-13(18-10)8-5-4-6-9(15)12(8)16/h4-7H,17H2,1-3H3,(H,18,19,20). The zero-order valence-corrected chi connectivity index (χ0v) is 12.3. The maximum absolute atomic E-state index is 14.1. The van der Waals surface area contributed by atoms with Crippen molar-refractivity contribution in [3.63, 3.8) is 0 Å². The molecule has 3 N–H and O–H groups in total. The zero-order chi connectivity index (χ0) is 14.9. The van der Waals surface area contributed by atoms with E-state index in [0.29, 0.717) is 5.82 Å². The molecule has 0 fully saturated rings. The molecule has 0 unspecified atom stereocenters. The number of nitrogens with two attached hydrogens (primary N) is 1. The molecule has 1 aromatic carbocycles. The van der Waals surface area contributed by atoms with E-state index in [4.69, 9.17) is 17.4 Å². The van der Waals surface area contributed by atoms with Gasteiger partial charge in [-0.2, -0.15) is 0 Å². The average molecular weight is 295 g/mol. The van der Waals surface area contributed by atoms with Gasteiger partial charge in [0.15, 0.2) is 11.6 Å². The smallest absolute Gasteiger partial charge is 0.164 e. The van der Waals surface area contributed by atoms with E-state index < -0.39 is 5.82 Å². The van der Waals surface area contributed by atoms with E-state index in [0.717, 1.165) is 5.69 Å². The summed E-state index contributed by atoms with van der Waals surface area (Å²) in [5, 5.41) is 0.0366. The minimum Gasteiger partial charge on any atom is -0.308 e. The van der Waals surface area contributed by atoms with Crippen LogP contribution in [-0.4, -0.2) is 9.97 Å². The van der Waals surface area contributed by atoms with E-state index in [1.807, 2.05) is 20.8 Å². The lowest BCUT2D eigenvalue weighted by molar-refractivity contribution is 0.567. The van der Waals surface area contributed by atoms with Crippen molar-refractivity contribution in [1.82, 2.24) is 9.97 Å². The number of hydrogen-bond acceptors (Lipinski definition) is 4. The Bertz CT molecular complexity index is 638. The number of hydrazine groups is 1. The van der Waals surface area contributed by atoms with Crippen LogP contribution in [0.3, 0.4) is 0 Å². The van der Waals surface area contributed by atoms with Crippen molar-refractivity contribution >= 4 is 17.4 Å². The largest absolute Gasteiger partial charge is 0.308 e. The van der Waals surface area contributed by atoms with Gasteiger partial charge in [0.1, 0.15) is 5.82 Å². The monoisotopic (exact) mass is 294 g/mol. The first-order chi connectivity index (χ1) is 9.32. The summed E-state index contributed by atoms with van der Waals surface area (Å²) in [6.45, 7) is 6.02. The van der Waals surface area contributed by atoms with E-state index in [2.05, 4.69) is 15.4 Å². The highest BCUT2D eigenvalue weighted by molar-refractivity contribution is 6.31. The molecule has 0 aliphatic rings. The molecule has 0 aliphatic carbocycles. The number of anilines is 1. The first-order valence-electron chi connectivity index (χ1n) is 6.13. The highest BCUT2D eigenvalue weighted by atomic mass is 35.5. The molecular formula is C14H16ClFN4. The van der Waals surface area contributed by atoms with E-state index in [1.54, 1.807) is 18.2 Å². The van der Waals surface area contributed by atoms with Crippen molar-refractivity contribution in [2.45, 2.75) is 26.2 Å². The Kier molecular flexibility index (Phi) is 3.92. The molecule has 4 nitrogen and oxygen atoms in total. The van der Waals surface area contributed by atoms with Gasteiger partial charge in [-0.3, -0.25) is 0 Å². The number of nitrogen functional groups attached to an aromatic ring is 1. The van der Waals surface area contributed by atoms with Gasteiger partial charge in [0, 0.05) is 11.5 Å². The summed E-state index contributed by atoms with van der Waals surface area (Å²) in [6.07, 6.45) is 0. The number of halogens is 2. The Morgan fingerprint density at radius 2 is 1.95 bits per heavy atom. The summed E-state index contributed by atoms with van der Waals surface area (Å²) in [5.41, 5.74) is 3.28. The van der Waals surface area contributed by atoms with Crippen LogP contribution in [-0.2, 0) is 5.41 Å². The van der Waals surface area contributed by atoms with Gasteiger partial charge in [-0.15, -0.1) is 0 Å². The Morgan fingerprint density at radius 1 is 1.25 bits per heavy atom. The fourth-order valence-corrected chi connectivity index (χ4v) is 1.88. The molecule has 0 spiro atoms. The maximum atomic E-state index is 14.1. The van der Waals surface area contributed by atoms with Gasteiger partial charge in [0.05, 0.1) is 16.3 Å². The third-order valence-corrected chi connectivity index (χ3v) is 3.13. The molecule has 0 bridgehead atoms. The maximum Gasteiger partial charge on any atom is 0.164 e. The highest BCUT2D eigenvalue weighted by Gasteiger charge is 2.20. The molecule has 0 radical (unpaired) electrons. The zero-order valence-electron chi connectivity index (χ0n) is 11.5. The van der Waals surface area contributed by atoms with Gasteiger partial charge in [-0.1, -0.05) is 38.4 Å². The lowest BCUT2D eigenvalue weighted by atomic mass is 9.92. The molecule has 1 aromatic heterocycles. The molecule has 106 valence electrons. The number of benzene rings is 1. The van der Waals surface area contributed by atoms with Gasteiger partial charge >= 0.3 is 0 Å². The van der Waals surface area contributed by atoms with Gasteiger partial charge in [0.2, 0.25) is 0 Å². The molecule has 0 atom stereocenters. The van der Waals surface area contributed by atoms with Crippen molar-refractivity contribution < 1.29 is 4.39 Å². The quantitative estimate of drug-likeness (QED) is 0.657. The Balaban J connectivity index is 2.65. The minimum atomic E-state index is -0.539. The summed E-state index contributed by atoms with van der Waals surface area (Å²) in [4.78, 5) is 8.61. The lowest BCUT2D eigenvalue weighted by Crippen LogP contribution is -2.17. The molecule has 0 saturated carbocycles. The van der Waals surface area contributed by atoms with Crippen molar-refractivity contribution in [1.29, 1.82) is 0 Å². The topological polar surface area (TPSA) is 63.8 Å². The van der Waals surface area contributed by atoms with Crippen LogP contribution in [0.5, 0.6) is 0 Å². The highest BCUT2D eigenvalue weighted by Crippen LogP contribution is 2.29. The van der Waals surface area contributed by atoms with Crippen LogP contribution < -0.4 is 11.3 Å². The first kappa shape index (κ1) is 14.7. The van der Waals surface area contributed by atoms with E-state index in [-0.39, 0.29) is 21.8 Å². The van der Waals surface area contributed by atoms with Crippen LogP contribution >= 0.6 is 11.6 Å². The fourth-order valence-electron chi connectivity index (χ4n) is 1.70. The predicted molar refractivity (Wildman–Crippen MR) is 78.9 cm³/mol. The number of nitrogens with one attached hydrogen (secondary N) is 1. The van der Waals surface area contributed by atoms with Crippen molar-refractivity contribution in [2.24, 2.45) is 5.84 Å². The molecule has 1 heterocycles. The molecule has 0 saturated heterocycles. The van der Waals surface area contributed by atoms with Crippen LogP contribution in [0.25, 0.3) is 11.4 Å². The van der Waals surface area contributed by atoms with Crippen LogP contribution in [0.4, 0.5) is 10.2 Å². The molecule has 2 rings (SSSR count). The predicted octanol–water partition coefficient (Wildman–Crippen LogP) is 3.52. The molecule has 0 amide bonds. The van der Waals surface area contributed by atoms with Crippen LogP contribution in [0.15, 0.2) is 24.3 Å². The van der Waals surface area contributed by atoms with Gasteiger partial charge in [-0.25, -0.2) is 20.2 Å². The molecule has 6 heteroatoms. The number of hydrogen-bond donors (Lipinski definition) is 2. The van der Waals surface area contributed by atoms with Gasteiger partial charge < -0.3 is 5.43 Å². The van der Waals surface area contributed by atoms with Crippen LogP contribution in [0.2, 0.25) is 5.02 Å². The van der Waals surface area contributed by atoms with E-state index >= 15 is 0 Å². The third kappa shape index (κ3) is 2.89. The second-order valence-electron chi connectivity index (χ2n) is 5.46. The molecule has 2 aromatic rings. The summed E-state index contributed by atoms with van der Waals surface area (Å²) >= 11 is 5.80. The normalized spacial score (nSPS) is 11.5. The second kappa shape index (κ2) is 5.34. The second-order valence-corrected chi connectivity index (χ2v) is 5.86. The fraction of sp³-hybridized carbons (Fsp3) is 0.286. The number of rotatable bonds is 2. The number of aromatic nitrogens is 2. The van der Waals surface area contributed by atoms with Crippen molar-refractivity contribution in [3.05, 3.63) is 40.8 Å². The molecular weight excluding hydrogens is 279 g/mol. The van der Waals surface area contributed by atoms with Gasteiger partial charge in [-0.05, 0) is 12.1 Å². The SMILES string of the molecule is CC(C)(C)c1cc(NN)nc(-c2cccc(Cl)c2F)n1. The van der Waals surface area contributed by atoms with Gasteiger partial charge in [0.25, 0.3) is 0 Å². The minimum absolute atomic E-state index is 0.0366. The van der Waals surface area contributed by atoms with Crippen LogP contribution in [0, 0.1) is 5.82 Å². The van der Waals surface area contributed by atoms with E-state index in [9.17, 15) is 4.39 Å². The number of nitrogens with zero attached hydrogens (tertiary/aromatic N) is 2. The summed E-state index contributed by atoms with van der Waals surface area (Å²) < 4.78 is 14.1. The average Bonchev–Trinajstić information content (AvgIpc) is 2.40.